The third kappa shape index (κ3) is 5.03. The summed E-state index contributed by atoms with van der Waals surface area (Å²) < 4.78 is 34.2. The minimum atomic E-state index is -3.53. The molecule has 1 aliphatic heterocycles. The summed E-state index contributed by atoms with van der Waals surface area (Å²) >= 11 is 5.85. The van der Waals surface area contributed by atoms with Gasteiger partial charge in [-0.1, -0.05) is 23.8 Å². The van der Waals surface area contributed by atoms with Crippen LogP contribution in [0.25, 0.3) is 5.69 Å². The van der Waals surface area contributed by atoms with Crippen molar-refractivity contribution in [3.05, 3.63) is 102 Å². The van der Waals surface area contributed by atoms with Gasteiger partial charge >= 0.3 is 0 Å². The Hall–Kier alpha value is -3.89. The van der Waals surface area contributed by atoms with Crippen LogP contribution in [-0.2, 0) is 10.0 Å². The molecular weight excluding hydrogens is 506 g/mol. The highest BCUT2D eigenvalue weighted by Crippen LogP contribution is 2.43. The third-order valence-corrected chi connectivity index (χ3v) is 7.16. The SMILES string of the molecule is COc1ccc(N2C(=S)N[C@H](c3ccccn3)[C@H]2c2cccn2-c2ccc(C)cc2)cc1NS(C)(=O)=O. The molecule has 0 bridgehead atoms. The minimum Gasteiger partial charge on any atom is -0.495 e. The summed E-state index contributed by atoms with van der Waals surface area (Å²) in [5.74, 6) is 0.410. The summed E-state index contributed by atoms with van der Waals surface area (Å²) in [7, 11) is -2.03. The molecule has 0 aliphatic carbocycles. The molecule has 4 aromatic rings. The van der Waals surface area contributed by atoms with Crippen molar-refractivity contribution in [3.8, 4) is 11.4 Å². The van der Waals surface area contributed by atoms with Crippen molar-refractivity contribution >= 4 is 38.7 Å². The summed E-state index contributed by atoms with van der Waals surface area (Å²) in [5, 5.41) is 3.96. The van der Waals surface area contributed by atoms with Crippen molar-refractivity contribution in [1.29, 1.82) is 0 Å². The van der Waals surface area contributed by atoms with Crippen molar-refractivity contribution in [1.82, 2.24) is 14.9 Å². The first kappa shape index (κ1) is 24.8. The second-order valence-electron chi connectivity index (χ2n) is 8.89. The van der Waals surface area contributed by atoms with Crippen LogP contribution in [-0.4, -0.2) is 36.4 Å². The van der Waals surface area contributed by atoms with Crippen molar-refractivity contribution in [2.24, 2.45) is 0 Å². The predicted molar refractivity (Wildman–Crippen MR) is 150 cm³/mol. The van der Waals surface area contributed by atoms with Gasteiger partial charge in [0, 0.05) is 29.5 Å². The highest BCUT2D eigenvalue weighted by molar-refractivity contribution is 7.92. The van der Waals surface area contributed by atoms with Gasteiger partial charge in [0.05, 0.1) is 30.8 Å². The Morgan fingerprint density at radius 1 is 1.03 bits per heavy atom. The first-order chi connectivity index (χ1) is 17.7. The summed E-state index contributed by atoms with van der Waals surface area (Å²) in [6.45, 7) is 2.06. The molecule has 2 atom stereocenters. The second-order valence-corrected chi connectivity index (χ2v) is 11.0. The molecule has 0 amide bonds. The highest BCUT2D eigenvalue weighted by atomic mass is 32.2. The van der Waals surface area contributed by atoms with Gasteiger partial charge in [0.2, 0.25) is 10.0 Å². The van der Waals surface area contributed by atoms with Gasteiger partial charge in [-0.3, -0.25) is 9.71 Å². The number of hydrogen-bond acceptors (Lipinski definition) is 5. The number of aromatic nitrogens is 2. The number of rotatable bonds is 7. The molecule has 5 rings (SSSR count). The molecule has 0 saturated carbocycles. The van der Waals surface area contributed by atoms with E-state index in [0.717, 1.165) is 23.3 Å². The number of nitrogens with zero attached hydrogens (tertiary/aromatic N) is 3. The molecule has 0 spiro atoms. The number of benzene rings is 2. The average molecular weight is 534 g/mol. The number of sulfonamides is 1. The smallest absolute Gasteiger partial charge is 0.229 e. The molecule has 3 heterocycles. The number of anilines is 2. The number of nitrogens with one attached hydrogen (secondary N) is 2. The van der Waals surface area contributed by atoms with Gasteiger partial charge in [0.1, 0.15) is 11.8 Å². The van der Waals surface area contributed by atoms with Crippen molar-refractivity contribution in [2.75, 3.05) is 23.0 Å². The van der Waals surface area contributed by atoms with Crippen LogP contribution < -0.4 is 19.7 Å². The summed E-state index contributed by atoms with van der Waals surface area (Å²) in [4.78, 5) is 6.62. The molecule has 190 valence electrons. The Labute approximate surface area is 222 Å². The fourth-order valence-corrected chi connectivity index (χ4v) is 5.54. The monoisotopic (exact) mass is 533 g/mol. The molecule has 0 radical (unpaired) electrons. The highest BCUT2D eigenvalue weighted by Gasteiger charge is 2.42. The molecular formula is C27H27N5O3S2. The van der Waals surface area contributed by atoms with Gasteiger partial charge in [-0.05, 0) is 73.7 Å². The van der Waals surface area contributed by atoms with Crippen molar-refractivity contribution < 1.29 is 13.2 Å². The lowest BCUT2D eigenvalue weighted by Crippen LogP contribution is -2.30. The summed E-state index contributed by atoms with van der Waals surface area (Å²) in [6, 6.07) is 23.0. The van der Waals surface area contributed by atoms with E-state index >= 15 is 0 Å². The zero-order valence-corrected chi connectivity index (χ0v) is 22.3. The van der Waals surface area contributed by atoms with Crippen LogP contribution in [0.1, 0.15) is 29.0 Å². The molecule has 0 unspecified atom stereocenters. The lowest BCUT2D eigenvalue weighted by molar-refractivity contribution is 0.417. The van der Waals surface area contributed by atoms with Crippen LogP contribution in [0.15, 0.2) is 85.2 Å². The number of ether oxygens (including phenoxy) is 1. The lowest BCUT2D eigenvalue weighted by atomic mass is 10.0. The van der Waals surface area contributed by atoms with Gasteiger partial charge in [-0.2, -0.15) is 0 Å². The van der Waals surface area contributed by atoms with Crippen LogP contribution in [0.5, 0.6) is 5.75 Å². The van der Waals surface area contributed by atoms with E-state index in [0.29, 0.717) is 22.2 Å². The number of pyridine rings is 1. The van der Waals surface area contributed by atoms with E-state index in [1.54, 1.807) is 18.3 Å². The first-order valence-corrected chi connectivity index (χ1v) is 14.0. The van der Waals surface area contributed by atoms with Crippen LogP contribution in [0.2, 0.25) is 0 Å². The molecule has 37 heavy (non-hydrogen) atoms. The van der Waals surface area contributed by atoms with E-state index < -0.39 is 10.0 Å². The molecule has 1 saturated heterocycles. The van der Waals surface area contributed by atoms with E-state index in [9.17, 15) is 8.42 Å². The van der Waals surface area contributed by atoms with E-state index in [2.05, 4.69) is 56.8 Å². The fraction of sp³-hybridized carbons (Fsp3) is 0.185. The lowest BCUT2D eigenvalue weighted by Gasteiger charge is -2.29. The molecule has 2 aromatic heterocycles. The molecule has 10 heteroatoms. The van der Waals surface area contributed by atoms with Crippen molar-refractivity contribution in [2.45, 2.75) is 19.0 Å². The minimum absolute atomic E-state index is 0.249. The number of hydrogen-bond donors (Lipinski definition) is 2. The van der Waals surface area contributed by atoms with Gasteiger partial charge in [-0.15, -0.1) is 0 Å². The fourth-order valence-electron chi connectivity index (χ4n) is 4.63. The van der Waals surface area contributed by atoms with Gasteiger partial charge < -0.3 is 19.5 Å². The molecule has 1 aliphatic rings. The van der Waals surface area contributed by atoms with Crippen LogP contribution in [0, 0.1) is 6.92 Å². The van der Waals surface area contributed by atoms with Crippen LogP contribution >= 0.6 is 12.2 Å². The number of aryl methyl sites for hydroxylation is 1. The molecule has 8 nitrogen and oxygen atoms in total. The third-order valence-electron chi connectivity index (χ3n) is 6.25. The number of methoxy groups -OCH3 is 1. The standard InChI is InChI=1S/C27H27N5O3S2/c1-18-9-11-19(12-10-18)31-16-6-8-23(31)26-25(21-7-4-5-15-28-21)29-27(36)32(26)20-13-14-24(35-2)22(17-20)30-37(3,33)34/h4-17,25-26,30H,1-3H3,(H,29,36)/t25-,26-/m1/s1. The Balaban J connectivity index is 1.66. The Kier molecular flexibility index (Phi) is 6.61. The zero-order valence-electron chi connectivity index (χ0n) is 20.6. The topological polar surface area (TPSA) is 88.5 Å². The molecule has 1 fully saturated rings. The zero-order chi connectivity index (χ0) is 26.2. The Morgan fingerprint density at radius 2 is 1.78 bits per heavy atom. The second kappa shape index (κ2) is 9.87. The maximum Gasteiger partial charge on any atom is 0.229 e. The predicted octanol–water partition coefficient (Wildman–Crippen LogP) is 4.74. The number of thiocarbonyl (C=S) groups is 1. The van der Waals surface area contributed by atoms with Crippen LogP contribution in [0.3, 0.4) is 0 Å². The normalized spacial score (nSPS) is 17.5. The van der Waals surface area contributed by atoms with Gasteiger partial charge in [-0.25, -0.2) is 8.42 Å². The Bertz CT molecular complexity index is 1540. The van der Waals surface area contributed by atoms with Crippen LogP contribution in [0.4, 0.5) is 11.4 Å². The quantitative estimate of drug-likeness (QED) is 0.332. The Morgan fingerprint density at radius 3 is 2.46 bits per heavy atom. The largest absolute Gasteiger partial charge is 0.495 e. The van der Waals surface area contributed by atoms with E-state index in [4.69, 9.17) is 17.0 Å². The molecule has 2 aromatic carbocycles. The summed E-state index contributed by atoms with van der Waals surface area (Å²) in [6.07, 6.45) is 4.90. The summed E-state index contributed by atoms with van der Waals surface area (Å²) in [5.41, 5.74) is 5.09. The molecule has 2 N–H and O–H groups in total. The van der Waals surface area contributed by atoms with E-state index in [-0.39, 0.29) is 12.1 Å². The maximum atomic E-state index is 12.0. The van der Waals surface area contributed by atoms with Gasteiger partial charge in [0.15, 0.2) is 5.11 Å². The first-order valence-electron chi connectivity index (χ1n) is 11.7. The van der Waals surface area contributed by atoms with Crippen molar-refractivity contribution in [3.63, 3.8) is 0 Å². The van der Waals surface area contributed by atoms with Gasteiger partial charge in [0.25, 0.3) is 0 Å². The van der Waals surface area contributed by atoms with E-state index in [1.165, 1.54) is 12.7 Å². The van der Waals surface area contributed by atoms with E-state index in [1.807, 2.05) is 41.4 Å². The average Bonchev–Trinajstić information content (AvgIpc) is 3.48. The maximum absolute atomic E-state index is 12.0.